The molecule has 6 heteroatoms. The second kappa shape index (κ2) is 9.01. The predicted octanol–water partition coefficient (Wildman–Crippen LogP) is 5.55. The van der Waals surface area contributed by atoms with Crippen molar-refractivity contribution in [3.63, 3.8) is 0 Å². The highest BCUT2D eigenvalue weighted by Crippen LogP contribution is 2.29. The highest BCUT2D eigenvalue weighted by molar-refractivity contribution is 5.83. The third-order valence-electron chi connectivity index (χ3n) is 4.58. The largest absolute Gasteiger partial charge is 0.493 e. The van der Waals surface area contributed by atoms with Gasteiger partial charge in [0, 0.05) is 18.3 Å². The molecule has 0 atom stereocenters. The Balaban J connectivity index is 1.70. The highest BCUT2D eigenvalue weighted by atomic mass is 16.6. The van der Waals surface area contributed by atoms with E-state index in [4.69, 9.17) is 9.47 Å². The summed E-state index contributed by atoms with van der Waals surface area (Å²) < 4.78 is 11.3. The van der Waals surface area contributed by atoms with Crippen LogP contribution in [0, 0.1) is 24.0 Å². The standard InChI is InChI=1S/C23H22N2O4/c1-16-4-8-20(12-17(16)2)24-14-19-7-11-22(23(13-19)28-3)29-15-18-5-9-21(10-6-18)25(26)27/h4-14H,15H2,1-3H3. The van der Waals surface area contributed by atoms with Crippen LogP contribution in [0.25, 0.3) is 0 Å². The van der Waals surface area contributed by atoms with Gasteiger partial charge in [-0.3, -0.25) is 15.1 Å². The Morgan fingerprint density at radius 2 is 1.72 bits per heavy atom. The minimum absolute atomic E-state index is 0.0544. The zero-order valence-electron chi connectivity index (χ0n) is 16.6. The lowest BCUT2D eigenvalue weighted by molar-refractivity contribution is -0.384. The van der Waals surface area contributed by atoms with Crippen LogP contribution in [0.3, 0.4) is 0 Å². The van der Waals surface area contributed by atoms with Crippen LogP contribution in [0.1, 0.15) is 22.3 Å². The van der Waals surface area contributed by atoms with E-state index in [2.05, 4.69) is 24.9 Å². The van der Waals surface area contributed by atoms with Crippen molar-refractivity contribution in [1.29, 1.82) is 0 Å². The summed E-state index contributed by atoms with van der Waals surface area (Å²) in [5, 5.41) is 10.7. The second-order valence-corrected chi connectivity index (χ2v) is 6.65. The first-order valence-corrected chi connectivity index (χ1v) is 9.12. The number of nitrogens with zero attached hydrogens (tertiary/aromatic N) is 2. The molecule has 148 valence electrons. The highest BCUT2D eigenvalue weighted by Gasteiger charge is 2.08. The average molecular weight is 390 g/mol. The smallest absolute Gasteiger partial charge is 0.269 e. The zero-order valence-corrected chi connectivity index (χ0v) is 16.6. The van der Waals surface area contributed by atoms with Crippen molar-refractivity contribution in [3.8, 4) is 11.5 Å². The molecule has 3 rings (SSSR count). The molecule has 0 unspecified atom stereocenters. The van der Waals surface area contributed by atoms with Crippen molar-refractivity contribution >= 4 is 17.6 Å². The van der Waals surface area contributed by atoms with Crippen molar-refractivity contribution in [3.05, 3.63) is 93.0 Å². The van der Waals surface area contributed by atoms with E-state index in [1.165, 1.54) is 23.3 Å². The molecule has 6 nitrogen and oxygen atoms in total. The van der Waals surface area contributed by atoms with Crippen LogP contribution in [0.15, 0.2) is 65.7 Å². The number of methoxy groups -OCH3 is 1. The fourth-order valence-corrected chi connectivity index (χ4v) is 2.71. The van der Waals surface area contributed by atoms with Crippen molar-refractivity contribution < 1.29 is 14.4 Å². The van der Waals surface area contributed by atoms with Crippen LogP contribution in [-0.4, -0.2) is 18.2 Å². The Labute approximate surface area is 169 Å². The van der Waals surface area contributed by atoms with Crippen molar-refractivity contribution in [2.75, 3.05) is 7.11 Å². The summed E-state index contributed by atoms with van der Waals surface area (Å²) in [6.07, 6.45) is 1.78. The van der Waals surface area contributed by atoms with Gasteiger partial charge in [0.1, 0.15) is 6.61 Å². The third kappa shape index (κ3) is 5.19. The number of hydrogen-bond donors (Lipinski definition) is 0. The molecule has 29 heavy (non-hydrogen) atoms. The first-order valence-electron chi connectivity index (χ1n) is 9.12. The van der Waals surface area contributed by atoms with Gasteiger partial charge in [-0.15, -0.1) is 0 Å². The number of nitro groups is 1. The van der Waals surface area contributed by atoms with Gasteiger partial charge in [-0.1, -0.05) is 6.07 Å². The molecular formula is C23H22N2O4. The van der Waals surface area contributed by atoms with Crippen LogP contribution in [0.2, 0.25) is 0 Å². The molecule has 0 heterocycles. The lowest BCUT2D eigenvalue weighted by atomic mass is 10.1. The van der Waals surface area contributed by atoms with Gasteiger partial charge in [-0.2, -0.15) is 0 Å². The fraction of sp³-hybridized carbons (Fsp3) is 0.174. The maximum Gasteiger partial charge on any atom is 0.269 e. The average Bonchev–Trinajstić information content (AvgIpc) is 2.73. The van der Waals surface area contributed by atoms with Crippen molar-refractivity contribution in [2.45, 2.75) is 20.5 Å². The summed E-state index contributed by atoms with van der Waals surface area (Å²) in [6, 6.07) is 17.9. The molecule has 0 aromatic heterocycles. The van der Waals surface area contributed by atoms with E-state index in [0.717, 1.165) is 16.8 Å². The Kier molecular flexibility index (Phi) is 6.24. The van der Waals surface area contributed by atoms with Crippen LogP contribution < -0.4 is 9.47 Å². The minimum atomic E-state index is -0.425. The quantitative estimate of drug-likeness (QED) is 0.301. The van der Waals surface area contributed by atoms with Gasteiger partial charge in [-0.25, -0.2) is 0 Å². The number of ether oxygens (including phenoxy) is 2. The maximum absolute atomic E-state index is 10.7. The molecular weight excluding hydrogens is 368 g/mol. The summed E-state index contributed by atoms with van der Waals surface area (Å²) in [5.74, 6) is 1.19. The van der Waals surface area contributed by atoms with Gasteiger partial charge >= 0.3 is 0 Å². The molecule has 0 spiro atoms. The van der Waals surface area contributed by atoms with E-state index in [-0.39, 0.29) is 12.3 Å². The molecule has 3 aromatic rings. The van der Waals surface area contributed by atoms with Gasteiger partial charge in [-0.05, 0) is 78.6 Å². The maximum atomic E-state index is 10.7. The fourth-order valence-electron chi connectivity index (χ4n) is 2.71. The lowest BCUT2D eigenvalue weighted by Gasteiger charge is -2.11. The molecule has 0 aliphatic heterocycles. The molecule has 0 aliphatic carbocycles. The predicted molar refractivity (Wildman–Crippen MR) is 114 cm³/mol. The number of benzene rings is 3. The number of non-ortho nitro benzene ring substituents is 1. The molecule has 0 radical (unpaired) electrons. The molecule has 0 bridgehead atoms. The van der Waals surface area contributed by atoms with Crippen LogP contribution in [0.4, 0.5) is 11.4 Å². The summed E-state index contributed by atoms with van der Waals surface area (Å²) in [5.41, 5.74) is 5.11. The Bertz CT molecular complexity index is 1040. The van der Waals surface area contributed by atoms with E-state index in [0.29, 0.717) is 11.5 Å². The number of rotatable bonds is 7. The molecule has 0 N–H and O–H groups in total. The van der Waals surface area contributed by atoms with Gasteiger partial charge in [0.05, 0.1) is 17.7 Å². The number of aryl methyl sites for hydroxylation is 2. The SMILES string of the molecule is COc1cc(C=Nc2ccc(C)c(C)c2)ccc1OCc1ccc([N+](=O)[O-])cc1. The molecule has 0 saturated heterocycles. The monoisotopic (exact) mass is 390 g/mol. The van der Waals surface area contributed by atoms with Gasteiger partial charge in [0.25, 0.3) is 5.69 Å². The molecule has 3 aromatic carbocycles. The summed E-state index contributed by atoms with van der Waals surface area (Å²) in [7, 11) is 1.58. The molecule has 0 fully saturated rings. The molecule has 0 amide bonds. The van der Waals surface area contributed by atoms with Crippen molar-refractivity contribution in [1.82, 2.24) is 0 Å². The van der Waals surface area contributed by atoms with Gasteiger partial charge in [0.2, 0.25) is 0 Å². The van der Waals surface area contributed by atoms with E-state index in [9.17, 15) is 10.1 Å². The minimum Gasteiger partial charge on any atom is -0.493 e. The zero-order chi connectivity index (χ0) is 20.8. The van der Waals surface area contributed by atoms with E-state index in [1.807, 2.05) is 30.3 Å². The summed E-state index contributed by atoms with van der Waals surface area (Å²) in [6.45, 7) is 4.42. The van der Waals surface area contributed by atoms with E-state index >= 15 is 0 Å². The van der Waals surface area contributed by atoms with Crippen LogP contribution in [-0.2, 0) is 6.61 Å². The Morgan fingerprint density at radius 3 is 2.38 bits per heavy atom. The summed E-state index contributed by atoms with van der Waals surface area (Å²) in [4.78, 5) is 14.8. The van der Waals surface area contributed by atoms with E-state index < -0.39 is 4.92 Å². The molecule has 0 aliphatic rings. The number of hydrogen-bond acceptors (Lipinski definition) is 5. The van der Waals surface area contributed by atoms with Crippen LogP contribution in [0.5, 0.6) is 11.5 Å². The first kappa shape index (κ1) is 20.1. The van der Waals surface area contributed by atoms with Crippen molar-refractivity contribution in [2.24, 2.45) is 4.99 Å². The lowest BCUT2D eigenvalue weighted by Crippen LogP contribution is -1.99. The van der Waals surface area contributed by atoms with Gasteiger partial charge < -0.3 is 9.47 Å². The third-order valence-corrected chi connectivity index (χ3v) is 4.58. The Hall–Kier alpha value is -3.67. The number of aliphatic imine (C=N–C) groups is 1. The normalized spacial score (nSPS) is 10.9. The van der Waals surface area contributed by atoms with Crippen LogP contribution >= 0.6 is 0 Å². The van der Waals surface area contributed by atoms with Gasteiger partial charge in [0.15, 0.2) is 11.5 Å². The summed E-state index contributed by atoms with van der Waals surface area (Å²) >= 11 is 0. The topological polar surface area (TPSA) is 74.0 Å². The van der Waals surface area contributed by atoms with E-state index in [1.54, 1.807) is 25.5 Å². The Morgan fingerprint density at radius 1 is 0.966 bits per heavy atom. The first-order chi connectivity index (χ1) is 14.0. The second-order valence-electron chi connectivity index (χ2n) is 6.65. The number of nitro benzene ring substituents is 1. The molecule has 0 saturated carbocycles.